The van der Waals surface area contributed by atoms with E-state index in [1.165, 1.54) is 0 Å². The summed E-state index contributed by atoms with van der Waals surface area (Å²) in [6.07, 6.45) is 2.19. The highest BCUT2D eigenvalue weighted by molar-refractivity contribution is 6.03. The average molecular weight is 338 g/mol. The van der Waals surface area contributed by atoms with Gasteiger partial charge >= 0.3 is 0 Å². The SMILES string of the molecule is C/C(C=O)=C\Cc1c(O)cc(O)c2c1OC(c1ccccc1)CC2=O. The molecule has 2 aromatic rings. The van der Waals surface area contributed by atoms with Crippen LogP contribution in [-0.2, 0) is 11.2 Å². The van der Waals surface area contributed by atoms with Crippen LogP contribution in [0.25, 0.3) is 0 Å². The average Bonchev–Trinajstić information content (AvgIpc) is 2.61. The molecular weight excluding hydrogens is 320 g/mol. The third-order valence-electron chi connectivity index (χ3n) is 4.24. The zero-order valence-electron chi connectivity index (χ0n) is 13.7. The van der Waals surface area contributed by atoms with E-state index in [1.54, 1.807) is 13.0 Å². The Morgan fingerprint density at radius 3 is 2.64 bits per heavy atom. The molecule has 0 radical (unpaired) electrons. The van der Waals surface area contributed by atoms with Gasteiger partial charge in [-0.15, -0.1) is 0 Å². The van der Waals surface area contributed by atoms with Crippen LogP contribution in [0.5, 0.6) is 17.2 Å². The molecular formula is C20H18O5. The maximum absolute atomic E-state index is 12.6. The summed E-state index contributed by atoms with van der Waals surface area (Å²) in [5, 5.41) is 20.3. The normalized spacial score (nSPS) is 16.9. The number of carbonyl (C=O) groups is 2. The molecule has 5 heteroatoms. The van der Waals surface area contributed by atoms with E-state index < -0.39 is 6.10 Å². The molecule has 3 rings (SSSR count). The van der Waals surface area contributed by atoms with Crippen molar-refractivity contribution in [1.29, 1.82) is 0 Å². The van der Waals surface area contributed by atoms with Crippen LogP contribution >= 0.6 is 0 Å². The molecule has 128 valence electrons. The lowest BCUT2D eigenvalue weighted by Gasteiger charge is -2.28. The molecule has 0 spiro atoms. The zero-order valence-corrected chi connectivity index (χ0v) is 13.7. The van der Waals surface area contributed by atoms with Crippen molar-refractivity contribution in [2.75, 3.05) is 0 Å². The number of hydrogen-bond acceptors (Lipinski definition) is 5. The molecule has 1 heterocycles. The Balaban J connectivity index is 2.07. The van der Waals surface area contributed by atoms with E-state index in [9.17, 15) is 19.8 Å². The minimum absolute atomic E-state index is 0.0807. The van der Waals surface area contributed by atoms with Crippen molar-refractivity contribution in [3.05, 3.63) is 64.7 Å². The zero-order chi connectivity index (χ0) is 18.0. The van der Waals surface area contributed by atoms with E-state index in [1.807, 2.05) is 30.3 Å². The fourth-order valence-corrected chi connectivity index (χ4v) is 2.89. The van der Waals surface area contributed by atoms with Crippen LogP contribution in [0.4, 0.5) is 0 Å². The Kier molecular flexibility index (Phi) is 4.57. The highest BCUT2D eigenvalue weighted by atomic mass is 16.5. The van der Waals surface area contributed by atoms with Crippen molar-refractivity contribution >= 4 is 12.1 Å². The molecule has 0 bridgehead atoms. The molecule has 0 aliphatic carbocycles. The van der Waals surface area contributed by atoms with Crippen LogP contribution < -0.4 is 4.74 Å². The van der Waals surface area contributed by atoms with Crippen LogP contribution in [0.3, 0.4) is 0 Å². The van der Waals surface area contributed by atoms with Crippen molar-refractivity contribution in [2.24, 2.45) is 0 Å². The monoisotopic (exact) mass is 338 g/mol. The van der Waals surface area contributed by atoms with E-state index in [4.69, 9.17) is 4.74 Å². The summed E-state index contributed by atoms with van der Waals surface area (Å²) < 4.78 is 5.99. The number of fused-ring (bicyclic) bond motifs is 1. The van der Waals surface area contributed by atoms with E-state index in [0.29, 0.717) is 17.4 Å². The second-order valence-corrected chi connectivity index (χ2v) is 6.01. The fraction of sp³-hybridized carbons (Fsp3) is 0.200. The number of ether oxygens (including phenoxy) is 1. The summed E-state index contributed by atoms with van der Waals surface area (Å²) in [4.78, 5) is 23.3. The molecule has 0 saturated heterocycles. The van der Waals surface area contributed by atoms with Crippen molar-refractivity contribution < 1.29 is 24.5 Å². The van der Waals surface area contributed by atoms with Gasteiger partial charge in [0.05, 0.1) is 6.42 Å². The Morgan fingerprint density at radius 1 is 1.24 bits per heavy atom. The van der Waals surface area contributed by atoms with Gasteiger partial charge in [0, 0.05) is 11.6 Å². The van der Waals surface area contributed by atoms with Crippen molar-refractivity contribution in [1.82, 2.24) is 0 Å². The Labute approximate surface area is 145 Å². The lowest BCUT2D eigenvalue weighted by atomic mass is 9.92. The first-order valence-electron chi connectivity index (χ1n) is 7.95. The number of ketones is 1. The van der Waals surface area contributed by atoms with Gasteiger partial charge in [-0.25, -0.2) is 0 Å². The van der Waals surface area contributed by atoms with Gasteiger partial charge in [-0.3, -0.25) is 9.59 Å². The van der Waals surface area contributed by atoms with Gasteiger partial charge in [-0.2, -0.15) is 0 Å². The largest absolute Gasteiger partial charge is 0.507 e. The summed E-state index contributed by atoms with van der Waals surface area (Å²) >= 11 is 0. The number of phenolic OH excluding ortho intramolecular Hbond substituents is 2. The van der Waals surface area contributed by atoms with Gasteiger partial charge in [0.25, 0.3) is 0 Å². The van der Waals surface area contributed by atoms with Crippen LogP contribution in [0.1, 0.15) is 40.9 Å². The Hall–Kier alpha value is -3.08. The third kappa shape index (κ3) is 3.26. The van der Waals surface area contributed by atoms with E-state index in [2.05, 4.69) is 0 Å². The Bertz CT molecular complexity index is 852. The highest BCUT2D eigenvalue weighted by Crippen LogP contribution is 2.45. The van der Waals surface area contributed by atoms with E-state index in [0.717, 1.165) is 11.6 Å². The second kappa shape index (κ2) is 6.81. The number of allylic oxidation sites excluding steroid dienone is 2. The standard InChI is InChI=1S/C20H18O5/c1-12(11-21)7-8-14-15(22)9-16(23)19-17(24)10-18(25-20(14)19)13-5-3-2-4-6-13/h2-7,9,11,18,22-23H,8,10H2,1H3/b12-7+. The molecule has 0 fully saturated rings. The van der Waals surface area contributed by atoms with Gasteiger partial charge in [-0.1, -0.05) is 36.4 Å². The van der Waals surface area contributed by atoms with Gasteiger partial charge in [0.2, 0.25) is 0 Å². The number of rotatable bonds is 4. The smallest absolute Gasteiger partial charge is 0.174 e. The number of phenols is 2. The van der Waals surface area contributed by atoms with Crippen LogP contribution in [-0.4, -0.2) is 22.3 Å². The molecule has 1 aliphatic heterocycles. The molecule has 5 nitrogen and oxygen atoms in total. The summed E-state index contributed by atoms with van der Waals surface area (Å²) in [5.74, 6) is -0.543. The molecule has 1 aliphatic rings. The first-order chi connectivity index (χ1) is 12.0. The molecule has 0 aromatic heterocycles. The molecule has 1 atom stereocenters. The van der Waals surface area contributed by atoms with Crippen molar-refractivity contribution in [3.8, 4) is 17.2 Å². The fourth-order valence-electron chi connectivity index (χ4n) is 2.89. The van der Waals surface area contributed by atoms with Crippen LogP contribution in [0.2, 0.25) is 0 Å². The van der Waals surface area contributed by atoms with Gasteiger partial charge < -0.3 is 14.9 Å². The number of Topliss-reactive ketones (excluding diaryl/α,β-unsaturated/α-hetero) is 1. The predicted molar refractivity (Wildman–Crippen MR) is 92.1 cm³/mol. The lowest BCUT2D eigenvalue weighted by Crippen LogP contribution is -2.21. The Morgan fingerprint density at radius 2 is 1.96 bits per heavy atom. The quantitative estimate of drug-likeness (QED) is 0.658. The molecule has 1 unspecified atom stereocenters. The summed E-state index contributed by atoms with van der Waals surface area (Å²) in [7, 11) is 0. The number of hydrogen-bond donors (Lipinski definition) is 2. The van der Waals surface area contributed by atoms with Gasteiger partial charge in [0.1, 0.15) is 35.2 Å². The van der Waals surface area contributed by atoms with E-state index in [-0.39, 0.29) is 41.4 Å². The first kappa shape index (κ1) is 16.8. The predicted octanol–water partition coefficient (Wildman–Crippen LogP) is 3.49. The van der Waals surface area contributed by atoms with Crippen molar-refractivity contribution in [3.63, 3.8) is 0 Å². The topological polar surface area (TPSA) is 83.8 Å². The molecule has 0 amide bonds. The lowest BCUT2D eigenvalue weighted by molar-refractivity contribution is -0.104. The molecule has 25 heavy (non-hydrogen) atoms. The van der Waals surface area contributed by atoms with Crippen molar-refractivity contribution in [2.45, 2.75) is 25.9 Å². The molecule has 2 N–H and O–H groups in total. The molecule has 2 aromatic carbocycles. The highest BCUT2D eigenvalue weighted by Gasteiger charge is 2.33. The maximum Gasteiger partial charge on any atom is 0.174 e. The summed E-state index contributed by atoms with van der Waals surface area (Å²) in [5.41, 5.74) is 1.80. The number of aromatic hydroxyl groups is 2. The summed E-state index contributed by atoms with van der Waals surface area (Å²) in [6, 6.07) is 10.5. The van der Waals surface area contributed by atoms with Gasteiger partial charge in [-0.05, 0) is 24.5 Å². The van der Waals surface area contributed by atoms with Gasteiger partial charge in [0.15, 0.2) is 5.78 Å². The number of benzene rings is 2. The second-order valence-electron chi connectivity index (χ2n) is 6.01. The van der Waals surface area contributed by atoms with Crippen LogP contribution in [0, 0.1) is 0 Å². The minimum Gasteiger partial charge on any atom is -0.507 e. The number of aldehydes is 1. The summed E-state index contributed by atoms with van der Waals surface area (Å²) in [6.45, 7) is 1.65. The first-order valence-corrected chi connectivity index (χ1v) is 7.95. The third-order valence-corrected chi connectivity index (χ3v) is 4.24. The molecule has 0 saturated carbocycles. The van der Waals surface area contributed by atoms with E-state index >= 15 is 0 Å². The number of carbonyl (C=O) groups excluding carboxylic acids is 2. The minimum atomic E-state index is -0.489. The van der Waals surface area contributed by atoms with Crippen LogP contribution in [0.15, 0.2) is 48.0 Å². The maximum atomic E-state index is 12.6.